The van der Waals surface area contributed by atoms with Gasteiger partial charge in [0.25, 0.3) is 0 Å². The third-order valence-corrected chi connectivity index (χ3v) is 7.26. The maximum Gasteiger partial charge on any atom is 0.416 e. The van der Waals surface area contributed by atoms with Crippen molar-refractivity contribution < 1.29 is 35.9 Å². The molecule has 0 spiro atoms. The molecule has 0 unspecified atom stereocenters. The number of amides is 1. The predicted octanol–water partition coefficient (Wildman–Crippen LogP) is 3.90. The van der Waals surface area contributed by atoms with Crippen LogP contribution in [0.2, 0.25) is 0 Å². The van der Waals surface area contributed by atoms with Crippen molar-refractivity contribution in [1.29, 1.82) is 0 Å². The van der Waals surface area contributed by atoms with Crippen LogP contribution in [0.5, 0.6) is 0 Å². The van der Waals surface area contributed by atoms with Crippen LogP contribution in [0.25, 0.3) is 0 Å². The van der Waals surface area contributed by atoms with Crippen LogP contribution in [0.4, 0.5) is 18.0 Å². The molecule has 1 aromatic carbocycles. The van der Waals surface area contributed by atoms with Crippen molar-refractivity contribution in [2.75, 3.05) is 20.0 Å². The van der Waals surface area contributed by atoms with Crippen LogP contribution in [0.1, 0.15) is 56.1 Å². The summed E-state index contributed by atoms with van der Waals surface area (Å²) in [6, 6.07) is 4.41. The molecule has 33 heavy (non-hydrogen) atoms. The highest BCUT2D eigenvalue weighted by atomic mass is 32.2. The Kier molecular flexibility index (Phi) is 7.95. The first-order valence-corrected chi connectivity index (χ1v) is 12.9. The zero-order valence-electron chi connectivity index (χ0n) is 19.0. The summed E-state index contributed by atoms with van der Waals surface area (Å²) in [5, 5.41) is 0. The summed E-state index contributed by atoms with van der Waals surface area (Å²) in [5.74, 6) is -0.194. The Morgan fingerprint density at radius 1 is 1.18 bits per heavy atom. The maximum absolute atomic E-state index is 13.4. The Hall–Kier alpha value is -1.85. The fourth-order valence-corrected chi connectivity index (χ4v) is 5.87. The largest absolute Gasteiger partial charge is 0.453 e. The lowest BCUT2D eigenvalue weighted by atomic mass is 9.81. The van der Waals surface area contributed by atoms with Gasteiger partial charge in [-0.15, -0.1) is 0 Å². The van der Waals surface area contributed by atoms with Crippen molar-refractivity contribution in [3.63, 3.8) is 0 Å². The van der Waals surface area contributed by atoms with E-state index in [1.54, 1.807) is 12.1 Å². The molecule has 1 aromatic rings. The molecule has 0 aromatic heterocycles. The number of hydrogen-bond acceptors (Lipinski definition) is 5. The summed E-state index contributed by atoms with van der Waals surface area (Å²) in [5.41, 5.74) is -0.264. The number of carbonyl (C=O) groups excluding carboxylic acids is 1. The minimum atomic E-state index is -4.39. The molecule has 1 saturated carbocycles. The summed E-state index contributed by atoms with van der Waals surface area (Å²) in [6.45, 7) is 1.93. The topological polar surface area (TPSA) is 84.9 Å². The minimum absolute atomic E-state index is 0.112. The quantitative estimate of drug-likeness (QED) is 0.651. The third kappa shape index (κ3) is 6.39. The molecule has 0 bridgehead atoms. The van der Waals surface area contributed by atoms with Gasteiger partial charge in [-0.05, 0) is 56.6 Å². The summed E-state index contributed by atoms with van der Waals surface area (Å²) in [4.78, 5) is 13.8. The number of sulfonamides is 1. The maximum atomic E-state index is 13.4. The van der Waals surface area contributed by atoms with Crippen LogP contribution in [0, 0.1) is 0 Å². The molecule has 1 heterocycles. The van der Waals surface area contributed by atoms with Crippen molar-refractivity contribution >= 4 is 16.1 Å². The number of alkyl halides is 3. The van der Waals surface area contributed by atoms with Gasteiger partial charge in [-0.25, -0.2) is 17.9 Å². The number of nitrogens with one attached hydrogen (secondary N) is 1. The summed E-state index contributed by atoms with van der Waals surface area (Å²) in [7, 11) is -2.23. The highest BCUT2D eigenvalue weighted by Gasteiger charge is 2.44. The Bertz CT molecular complexity index is 932. The number of carbonyl (C=O) groups is 1. The van der Waals surface area contributed by atoms with Crippen molar-refractivity contribution in [2.24, 2.45) is 0 Å². The fourth-order valence-electron chi connectivity index (χ4n) is 5.06. The molecule has 1 aliphatic carbocycles. The molecule has 0 radical (unpaired) electrons. The highest BCUT2D eigenvalue weighted by Crippen LogP contribution is 2.41. The van der Waals surface area contributed by atoms with Crippen LogP contribution in [0.15, 0.2) is 24.3 Å². The molecular weight excluding hydrogens is 461 g/mol. The van der Waals surface area contributed by atoms with Gasteiger partial charge in [0.2, 0.25) is 10.0 Å². The van der Waals surface area contributed by atoms with Crippen molar-refractivity contribution in [2.45, 2.75) is 75.4 Å². The molecule has 7 nitrogen and oxygen atoms in total. The van der Waals surface area contributed by atoms with Crippen LogP contribution in [-0.4, -0.2) is 63.6 Å². The minimum Gasteiger partial charge on any atom is -0.453 e. The van der Waals surface area contributed by atoms with Crippen molar-refractivity contribution in [3.05, 3.63) is 35.4 Å². The van der Waals surface area contributed by atoms with Gasteiger partial charge in [0.15, 0.2) is 0 Å². The second-order valence-electron chi connectivity index (χ2n) is 8.92. The number of rotatable bonds is 6. The zero-order valence-corrected chi connectivity index (χ0v) is 19.8. The first-order valence-electron chi connectivity index (χ1n) is 11.0. The first-order chi connectivity index (χ1) is 15.4. The highest BCUT2D eigenvalue weighted by molar-refractivity contribution is 7.88. The van der Waals surface area contributed by atoms with Gasteiger partial charge >= 0.3 is 12.3 Å². The molecular formula is C22H31F3N2O5S. The van der Waals surface area contributed by atoms with E-state index < -0.39 is 39.9 Å². The van der Waals surface area contributed by atoms with Crippen LogP contribution in [-0.2, 0) is 25.7 Å². The number of likely N-dealkylation sites (tertiary alicyclic amines) is 1. The summed E-state index contributed by atoms with van der Waals surface area (Å²) < 4.78 is 77.2. The predicted molar refractivity (Wildman–Crippen MR) is 116 cm³/mol. The standard InChI is InChI=1S/C22H31F3N2O5S/c1-14-12-19(26-33(3,29)30)20(27(14)21(28)31-2)13-32-16-10-8-15(9-11-16)17-6-4-5-7-18(17)22(23,24)25/h4-7,14-16,19-20,26H,8-13H2,1-3H3/t14-,15?,16?,19+,20+/m1/s1. The molecule has 3 rings (SSSR count). The average molecular weight is 493 g/mol. The number of ether oxygens (including phenoxy) is 2. The van der Waals surface area contributed by atoms with E-state index in [1.165, 1.54) is 18.1 Å². The fraction of sp³-hybridized carbons (Fsp3) is 0.682. The average Bonchev–Trinajstić information content (AvgIpc) is 3.04. The summed E-state index contributed by atoms with van der Waals surface area (Å²) in [6.07, 6.45) is -1.33. The molecule has 2 aliphatic rings. The molecule has 1 amide bonds. The van der Waals surface area contributed by atoms with Gasteiger partial charge in [0.1, 0.15) is 0 Å². The van der Waals surface area contributed by atoms with E-state index in [-0.39, 0.29) is 24.7 Å². The third-order valence-electron chi connectivity index (χ3n) is 6.53. The smallest absolute Gasteiger partial charge is 0.416 e. The van der Waals surface area contributed by atoms with E-state index in [2.05, 4.69) is 4.72 Å². The number of hydrogen-bond donors (Lipinski definition) is 1. The van der Waals surface area contributed by atoms with E-state index in [1.807, 2.05) is 6.92 Å². The summed E-state index contributed by atoms with van der Waals surface area (Å²) >= 11 is 0. The second-order valence-corrected chi connectivity index (χ2v) is 10.7. The van der Waals surface area contributed by atoms with Gasteiger partial charge in [-0.3, -0.25) is 4.90 Å². The van der Waals surface area contributed by atoms with E-state index in [4.69, 9.17) is 9.47 Å². The number of nitrogens with zero attached hydrogens (tertiary/aromatic N) is 1. The molecule has 1 N–H and O–H groups in total. The number of benzene rings is 1. The van der Waals surface area contributed by atoms with Crippen LogP contribution < -0.4 is 4.72 Å². The Morgan fingerprint density at radius 2 is 1.82 bits per heavy atom. The molecule has 1 aliphatic heterocycles. The first kappa shape index (κ1) is 25.8. The second kappa shape index (κ2) is 10.2. The molecule has 2 fully saturated rings. The van der Waals surface area contributed by atoms with Crippen LogP contribution >= 0.6 is 0 Å². The van der Waals surface area contributed by atoms with Gasteiger partial charge in [-0.2, -0.15) is 13.2 Å². The molecule has 11 heteroatoms. The lowest BCUT2D eigenvalue weighted by Gasteiger charge is -2.33. The lowest BCUT2D eigenvalue weighted by Crippen LogP contribution is -2.50. The molecule has 3 atom stereocenters. The van der Waals surface area contributed by atoms with Crippen LogP contribution in [0.3, 0.4) is 0 Å². The van der Waals surface area contributed by atoms with Gasteiger partial charge < -0.3 is 9.47 Å². The lowest BCUT2D eigenvalue weighted by molar-refractivity contribution is -0.138. The Labute approximate surface area is 192 Å². The van der Waals surface area contributed by atoms with Gasteiger partial charge in [0, 0.05) is 12.1 Å². The van der Waals surface area contributed by atoms with Gasteiger partial charge in [-0.1, -0.05) is 18.2 Å². The van der Waals surface area contributed by atoms with Gasteiger partial charge in [0.05, 0.1) is 37.7 Å². The number of methoxy groups -OCH3 is 1. The van der Waals surface area contributed by atoms with E-state index in [9.17, 15) is 26.4 Å². The van der Waals surface area contributed by atoms with Crippen molar-refractivity contribution in [1.82, 2.24) is 9.62 Å². The van der Waals surface area contributed by atoms with E-state index in [0.717, 1.165) is 12.3 Å². The SMILES string of the molecule is COC(=O)N1[C@H](C)C[C@H](NS(C)(=O)=O)[C@@H]1COC1CCC(c2ccccc2C(F)(F)F)CC1. The Morgan fingerprint density at radius 3 is 2.39 bits per heavy atom. The molecule has 186 valence electrons. The molecule has 1 saturated heterocycles. The Balaban J connectivity index is 1.63. The van der Waals surface area contributed by atoms with E-state index in [0.29, 0.717) is 37.7 Å². The zero-order chi connectivity index (χ0) is 24.4. The van der Waals surface area contributed by atoms with Crippen molar-refractivity contribution in [3.8, 4) is 0 Å². The monoisotopic (exact) mass is 492 g/mol. The van der Waals surface area contributed by atoms with E-state index >= 15 is 0 Å². The number of halogens is 3. The normalized spacial score (nSPS) is 28.7.